The van der Waals surface area contributed by atoms with Crippen molar-refractivity contribution in [2.24, 2.45) is 5.73 Å². The second kappa shape index (κ2) is 7.39. The molecule has 0 aromatic carbocycles. The Kier molecular flexibility index (Phi) is 5.53. The van der Waals surface area contributed by atoms with Crippen molar-refractivity contribution in [1.82, 2.24) is 9.88 Å². The molecule has 1 amide bonds. The van der Waals surface area contributed by atoms with Crippen LogP contribution in [0.25, 0.3) is 0 Å². The summed E-state index contributed by atoms with van der Waals surface area (Å²) in [7, 11) is 0. The minimum atomic E-state index is 0.0639. The monoisotopic (exact) mass is 275 g/mol. The van der Waals surface area contributed by atoms with E-state index >= 15 is 0 Å². The molecule has 1 saturated carbocycles. The zero-order chi connectivity index (χ0) is 14.4. The van der Waals surface area contributed by atoms with Crippen LogP contribution < -0.4 is 5.73 Å². The Labute approximate surface area is 121 Å². The number of carbonyl (C=O) groups is 1. The fourth-order valence-corrected chi connectivity index (χ4v) is 2.91. The van der Waals surface area contributed by atoms with Crippen molar-refractivity contribution in [1.29, 1.82) is 0 Å². The van der Waals surface area contributed by atoms with Crippen LogP contribution in [0.2, 0.25) is 0 Å². The van der Waals surface area contributed by atoms with Crippen LogP contribution in [0, 0.1) is 6.92 Å². The fourth-order valence-electron chi connectivity index (χ4n) is 2.91. The summed E-state index contributed by atoms with van der Waals surface area (Å²) >= 11 is 0. The van der Waals surface area contributed by atoms with Crippen LogP contribution in [-0.2, 0) is 0 Å². The summed E-state index contributed by atoms with van der Waals surface area (Å²) in [6.45, 7) is 3.29. The lowest BCUT2D eigenvalue weighted by Gasteiger charge is -2.34. The largest absolute Gasteiger partial charge is 0.334 e. The quantitative estimate of drug-likeness (QED) is 0.898. The molecule has 20 heavy (non-hydrogen) atoms. The number of aromatic nitrogens is 1. The summed E-state index contributed by atoms with van der Waals surface area (Å²) in [6.07, 6.45) is 6.81. The maximum Gasteiger partial charge on any atom is 0.272 e. The lowest BCUT2D eigenvalue weighted by atomic mass is 9.93. The summed E-state index contributed by atoms with van der Waals surface area (Å²) in [5.41, 5.74) is 7.07. The van der Waals surface area contributed by atoms with Crippen LogP contribution in [0.5, 0.6) is 0 Å². The molecule has 0 radical (unpaired) electrons. The SMILES string of the molecule is Cc1cccc(C(=O)N(CCCN)C2CCCCC2)n1. The molecule has 1 aromatic rings. The summed E-state index contributed by atoms with van der Waals surface area (Å²) in [5.74, 6) is 0.0639. The van der Waals surface area contributed by atoms with E-state index in [1.165, 1.54) is 19.3 Å². The second-order valence-corrected chi connectivity index (χ2v) is 5.60. The summed E-state index contributed by atoms with van der Waals surface area (Å²) in [6, 6.07) is 6.00. The molecular weight excluding hydrogens is 250 g/mol. The van der Waals surface area contributed by atoms with Crippen molar-refractivity contribution in [2.45, 2.75) is 51.5 Å². The smallest absolute Gasteiger partial charge is 0.272 e. The molecule has 1 aliphatic rings. The molecule has 4 nitrogen and oxygen atoms in total. The Morgan fingerprint density at radius 2 is 2.10 bits per heavy atom. The molecule has 0 atom stereocenters. The Morgan fingerprint density at radius 1 is 1.35 bits per heavy atom. The molecule has 110 valence electrons. The summed E-state index contributed by atoms with van der Waals surface area (Å²) in [4.78, 5) is 19.1. The van der Waals surface area contributed by atoms with Gasteiger partial charge in [-0.1, -0.05) is 25.3 Å². The van der Waals surface area contributed by atoms with Gasteiger partial charge >= 0.3 is 0 Å². The van der Waals surface area contributed by atoms with E-state index in [9.17, 15) is 4.79 Å². The van der Waals surface area contributed by atoms with Gasteiger partial charge in [-0.3, -0.25) is 4.79 Å². The van der Waals surface area contributed by atoms with Gasteiger partial charge in [0, 0.05) is 18.3 Å². The highest BCUT2D eigenvalue weighted by molar-refractivity contribution is 5.92. The number of hydrogen-bond acceptors (Lipinski definition) is 3. The van der Waals surface area contributed by atoms with Gasteiger partial charge in [-0.05, 0) is 44.9 Å². The lowest BCUT2D eigenvalue weighted by molar-refractivity contribution is 0.0626. The standard InChI is InChI=1S/C16H25N3O/c1-13-7-5-10-15(18-13)16(20)19(12-6-11-17)14-8-3-2-4-9-14/h5,7,10,14H,2-4,6,8-9,11-12,17H2,1H3. The van der Waals surface area contributed by atoms with Crippen LogP contribution in [0.15, 0.2) is 18.2 Å². The first kappa shape index (κ1) is 15.0. The molecular formula is C16H25N3O. The van der Waals surface area contributed by atoms with E-state index in [0.717, 1.165) is 31.5 Å². The first-order valence-electron chi connectivity index (χ1n) is 7.67. The van der Waals surface area contributed by atoms with Gasteiger partial charge in [0.2, 0.25) is 0 Å². The number of amides is 1. The van der Waals surface area contributed by atoms with Crippen LogP contribution in [0.3, 0.4) is 0 Å². The van der Waals surface area contributed by atoms with Crippen LogP contribution in [0.1, 0.15) is 54.7 Å². The molecule has 1 aromatic heterocycles. The van der Waals surface area contributed by atoms with Gasteiger partial charge in [0.25, 0.3) is 5.91 Å². The van der Waals surface area contributed by atoms with Gasteiger partial charge in [-0.25, -0.2) is 4.98 Å². The summed E-state index contributed by atoms with van der Waals surface area (Å²) < 4.78 is 0. The van der Waals surface area contributed by atoms with E-state index in [0.29, 0.717) is 18.3 Å². The molecule has 1 aliphatic carbocycles. The molecule has 0 bridgehead atoms. The fraction of sp³-hybridized carbons (Fsp3) is 0.625. The zero-order valence-electron chi connectivity index (χ0n) is 12.3. The van der Waals surface area contributed by atoms with Crippen LogP contribution in [0.4, 0.5) is 0 Å². The highest BCUT2D eigenvalue weighted by atomic mass is 16.2. The minimum absolute atomic E-state index is 0.0639. The molecule has 2 N–H and O–H groups in total. The maximum absolute atomic E-state index is 12.7. The Morgan fingerprint density at radius 3 is 2.75 bits per heavy atom. The van der Waals surface area contributed by atoms with Gasteiger partial charge in [0.1, 0.15) is 5.69 Å². The minimum Gasteiger partial charge on any atom is -0.334 e. The molecule has 0 saturated heterocycles. The van der Waals surface area contributed by atoms with Gasteiger partial charge < -0.3 is 10.6 Å². The van der Waals surface area contributed by atoms with E-state index < -0.39 is 0 Å². The molecule has 0 spiro atoms. The van der Waals surface area contributed by atoms with Crippen LogP contribution >= 0.6 is 0 Å². The number of pyridine rings is 1. The van der Waals surface area contributed by atoms with E-state index in [1.54, 1.807) is 0 Å². The number of aryl methyl sites for hydroxylation is 1. The van der Waals surface area contributed by atoms with Crippen molar-refractivity contribution < 1.29 is 4.79 Å². The molecule has 1 fully saturated rings. The van der Waals surface area contributed by atoms with Crippen LogP contribution in [-0.4, -0.2) is 34.9 Å². The van der Waals surface area contributed by atoms with Gasteiger partial charge in [0.15, 0.2) is 0 Å². The normalized spacial score (nSPS) is 16.1. The van der Waals surface area contributed by atoms with Gasteiger partial charge in [0.05, 0.1) is 0 Å². The Hall–Kier alpha value is -1.42. The third kappa shape index (κ3) is 3.79. The van der Waals surface area contributed by atoms with Crippen molar-refractivity contribution in [3.05, 3.63) is 29.6 Å². The number of carbonyl (C=O) groups excluding carboxylic acids is 1. The van der Waals surface area contributed by atoms with E-state index in [1.807, 2.05) is 30.0 Å². The number of nitrogens with two attached hydrogens (primary N) is 1. The molecule has 0 aliphatic heterocycles. The maximum atomic E-state index is 12.7. The van der Waals surface area contributed by atoms with Crippen molar-refractivity contribution in [3.63, 3.8) is 0 Å². The highest BCUT2D eigenvalue weighted by Crippen LogP contribution is 2.24. The van der Waals surface area contributed by atoms with Crippen molar-refractivity contribution in [3.8, 4) is 0 Å². The van der Waals surface area contributed by atoms with E-state index in [4.69, 9.17) is 5.73 Å². The van der Waals surface area contributed by atoms with Crippen molar-refractivity contribution >= 4 is 5.91 Å². The third-order valence-electron chi connectivity index (χ3n) is 3.99. The predicted octanol–water partition coefficient (Wildman–Crippen LogP) is 2.51. The topological polar surface area (TPSA) is 59.2 Å². The van der Waals surface area contributed by atoms with Gasteiger partial charge in [-0.15, -0.1) is 0 Å². The molecule has 1 heterocycles. The molecule has 4 heteroatoms. The first-order valence-corrected chi connectivity index (χ1v) is 7.67. The zero-order valence-corrected chi connectivity index (χ0v) is 12.3. The molecule has 2 rings (SSSR count). The number of rotatable bonds is 5. The predicted molar refractivity (Wildman–Crippen MR) is 80.6 cm³/mol. The third-order valence-corrected chi connectivity index (χ3v) is 3.99. The first-order chi connectivity index (χ1) is 9.72. The van der Waals surface area contributed by atoms with E-state index in [2.05, 4.69) is 4.98 Å². The van der Waals surface area contributed by atoms with Crippen molar-refractivity contribution in [2.75, 3.05) is 13.1 Å². The van der Waals surface area contributed by atoms with E-state index in [-0.39, 0.29) is 5.91 Å². The lowest BCUT2D eigenvalue weighted by Crippen LogP contribution is -2.43. The Bertz CT molecular complexity index is 441. The number of nitrogens with zero attached hydrogens (tertiary/aromatic N) is 2. The van der Waals surface area contributed by atoms with Gasteiger partial charge in [-0.2, -0.15) is 0 Å². The Balaban J connectivity index is 2.14. The highest BCUT2D eigenvalue weighted by Gasteiger charge is 2.26. The average Bonchev–Trinajstić information content (AvgIpc) is 2.48. The average molecular weight is 275 g/mol. The molecule has 0 unspecified atom stereocenters. The number of hydrogen-bond donors (Lipinski definition) is 1. The summed E-state index contributed by atoms with van der Waals surface area (Å²) in [5, 5.41) is 0. The second-order valence-electron chi connectivity index (χ2n) is 5.60.